The maximum atomic E-state index is 13.0. The smallest absolute Gasteiger partial charge is 0.257 e. The van der Waals surface area contributed by atoms with Gasteiger partial charge in [0.25, 0.3) is 5.91 Å². The van der Waals surface area contributed by atoms with Crippen molar-refractivity contribution in [3.05, 3.63) is 18.0 Å². The van der Waals surface area contributed by atoms with Gasteiger partial charge in [0.2, 0.25) is 5.91 Å². The highest BCUT2D eigenvalue weighted by Crippen LogP contribution is 2.29. The first-order valence-corrected chi connectivity index (χ1v) is 10.1. The molecule has 0 aromatic carbocycles. The highest BCUT2D eigenvalue weighted by molar-refractivity contribution is 5.94. The van der Waals surface area contributed by atoms with E-state index in [-0.39, 0.29) is 36.8 Å². The number of halogens is 1. The van der Waals surface area contributed by atoms with E-state index >= 15 is 0 Å². The Morgan fingerprint density at radius 1 is 1.11 bits per heavy atom. The van der Waals surface area contributed by atoms with Crippen LogP contribution in [-0.4, -0.2) is 57.7 Å². The lowest BCUT2D eigenvalue weighted by atomic mass is 9.95. The van der Waals surface area contributed by atoms with Crippen molar-refractivity contribution in [2.45, 2.75) is 76.0 Å². The van der Waals surface area contributed by atoms with Gasteiger partial charge < -0.3 is 15.5 Å². The molecule has 2 saturated heterocycles. The molecule has 1 saturated carbocycles. The third-order valence-corrected chi connectivity index (χ3v) is 6.04. The van der Waals surface area contributed by atoms with Crippen molar-refractivity contribution in [2.24, 2.45) is 0 Å². The Kier molecular flexibility index (Phi) is 6.76. The molecule has 3 aliphatic rings. The average molecular weight is 396 g/mol. The lowest BCUT2D eigenvalue weighted by Gasteiger charge is -2.27. The van der Waals surface area contributed by atoms with E-state index in [0.717, 1.165) is 45.2 Å². The van der Waals surface area contributed by atoms with Crippen LogP contribution in [0, 0.1) is 0 Å². The van der Waals surface area contributed by atoms with E-state index in [4.69, 9.17) is 0 Å². The Morgan fingerprint density at radius 3 is 2.70 bits per heavy atom. The van der Waals surface area contributed by atoms with Gasteiger partial charge in [-0.05, 0) is 38.6 Å². The van der Waals surface area contributed by atoms with Crippen LogP contribution in [0.25, 0.3) is 0 Å². The van der Waals surface area contributed by atoms with Gasteiger partial charge in [0, 0.05) is 30.9 Å². The van der Waals surface area contributed by atoms with Gasteiger partial charge in [-0.2, -0.15) is 5.10 Å². The number of hydrogen-bond donors (Lipinski definition) is 2. The average Bonchev–Trinajstić information content (AvgIpc) is 3.18. The molecule has 4 rings (SSSR count). The SMILES string of the molecule is Cl.O=C(Cn1cc(C(=O)N2C3CCNCC2CC3)cn1)NC1CCCCC1. The summed E-state index contributed by atoms with van der Waals surface area (Å²) in [5.41, 5.74) is 0.592. The summed E-state index contributed by atoms with van der Waals surface area (Å²) in [5.74, 6) is 0.0400. The summed E-state index contributed by atoms with van der Waals surface area (Å²) in [4.78, 5) is 27.3. The van der Waals surface area contributed by atoms with Crippen molar-refractivity contribution < 1.29 is 9.59 Å². The van der Waals surface area contributed by atoms with Crippen molar-refractivity contribution in [3.8, 4) is 0 Å². The Bertz CT molecular complexity index is 644. The van der Waals surface area contributed by atoms with Crippen LogP contribution in [0.4, 0.5) is 0 Å². The molecule has 2 atom stereocenters. The van der Waals surface area contributed by atoms with Crippen LogP contribution in [0.2, 0.25) is 0 Å². The minimum atomic E-state index is -0.0157. The highest BCUT2D eigenvalue weighted by atomic mass is 35.5. The second-order valence-corrected chi connectivity index (χ2v) is 7.92. The molecular formula is C19H30ClN5O2. The fourth-order valence-electron chi connectivity index (χ4n) is 4.69. The lowest BCUT2D eigenvalue weighted by Crippen LogP contribution is -2.42. The molecule has 150 valence electrons. The number of nitrogens with one attached hydrogen (secondary N) is 2. The molecule has 3 heterocycles. The zero-order valence-corrected chi connectivity index (χ0v) is 16.5. The van der Waals surface area contributed by atoms with Gasteiger partial charge in [-0.3, -0.25) is 14.3 Å². The molecule has 0 spiro atoms. The summed E-state index contributed by atoms with van der Waals surface area (Å²) >= 11 is 0. The molecule has 2 unspecified atom stereocenters. The van der Waals surface area contributed by atoms with E-state index < -0.39 is 0 Å². The predicted molar refractivity (Wildman–Crippen MR) is 105 cm³/mol. The van der Waals surface area contributed by atoms with Gasteiger partial charge in [0.1, 0.15) is 6.54 Å². The Labute approximate surface area is 166 Å². The molecule has 1 aliphatic carbocycles. The fourth-order valence-corrected chi connectivity index (χ4v) is 4.69. The van der Waals surface area contributed by atoms with Crippen LogP contribution in [-0.2, 0) is 11.3 Å². The van der Waals surface area contributed by atoms with Crippen LogP contribution in [0.5, 0.6) is 0 Å². The van der Waals surface area contributed by atoms with E-state index in [0.29, 0.717) is 17.6 Å². The Balaban J connectivity index is 0.00000210. The van der Waals surface area contributed by atoms with Crippen LogP contribution in [0.1, 0.15) is 61.7 Å². The molecule has 2 bridgehead atoms. The number of amides is 2. The largest absolute Gasteiger partial charge is 0.352 e. The van der Waals surface area contributed by atoms with E-state index in [1.807, 2.05) is 4.90 Å². The lowest BCUT2D eigenvalue weighted by molar-refractivity contribution is -0.122. The molecule has 3 fully saturated rings. The van der Waals surface area contributed by atoms with Crippen molar-refractivity contribution >= 4 is 24.2 Å². The molecule has 7 nitrogen and oxygen atoms in total. The van der Waals surface area contributed by atoms with E-state index in [1.54, 1.807) is 17.1 Å². The first-order chi connectivity index (χ1) is 12.7. The first kappa shape index (κ1) is 20.1. The molecular weight excluding hydrogens is 366 g/mol. The molecule has 27 heavy (non-hydrogen) atoms. The van der Waals surface area contributed by atoms with E-state index in [2.05, 4.69) is 15.7 Å². The summed E-state index contributed by atoms with van der Waals surface area (Å²) in [6, 6.07) is 0.918. The summed E-state index contributed by atoms with van der Waals surface area (Å²) in [6.45, 7) is 2.03. The third kappa shape index (κ3) is 4.63. The summed E-state index contributed by atoms with van der Waals surface area (Å²) < 4.78 is 1.59. The number of hydrogen-bond acceptors (Lipinski definition) is 4. The van der Waals surface area contributed by atoms with Gasteiger partial charge in [0.15, 0.2) is 0 Å². The van der Waals surface area contributed by atoms with E-state index in [1.165, 1.54) is 19.3 Å². The van der Waals surface area contributed by atoms with Crippen LogP contribution in [0.15, 0.2) is 12.4 Å². The van der Waals surface area contributed by atoms with Gasteiger partial charge in [-0.25, -0.2) is 0 Å². The summed E-state index contributed by atoms with van der Waals surface area (Å²) in [5, 5.41) is 10.8. The molecule has 1 aromatic heterocycles. The molecule has 2 N–H and O–H groups in total. The third-order valence-electron chi connectivity index (χ3n) is 6.04. The minimum Gasteiger partial charge on any atom is -0.352 e. The van der Waals surface area contributed by atoms with Crippen molar-refractivity contribution in [3.63, 3.8) is 0 Å². The van der Waals surface area contributed by atoms with Crippen LogP contribution < -0.4 is 10.6 Å². The quantitative estimate of drug-likeness (QED) is 0.813. The molecule has 1 aromatic rings. The molecule has 2 amide bonds. The normalized spacial score (nSPS) is 25.6. The van der Waals surface area contributed by atoms with Crippen molar-refractivity contribution in [2.75, 3.05) is 13.1 Å². The summed E-state index contributed by atoms with van der Waals surface area (Å²) in [6.07, 6.45) is 12.3. The standard InChI is InChI=1S/C19H29N5O2.ClH/c25-18(22-15-4-2-1-3-5-15)13-23-12-14(10-21-23)19(26)24-16-6-7-17(24)11-20-9-8-16;/h10,12,15-17,20H,1-9,11,13H2,(H,22,25);1H. The van der Waals surface area contributed by atoms with Gasteiger partial charge in [-0.1, -0.05) is 19.3 Å². The second kappa shape index (κ2) is 9.06. The number of fused-ring (bicyclic) bond motifs is 2. The fraction of sp³-hybridized carbons (Fsp3) is 0.737. The van der Waals surface area contributed by atoms with E-state index in [9.17, 15) is 9.59 Å². The van der Waals surface area contributed by atoms with Gasteiger partial charge in [-0.15, -0.1) is 12.4 Å². The van der Waals surface area contributed by atoms with Gasteiger partial charge >= 0.3 is 0 Å². The predicted octanol–water partition coefficient (Wildman–Crippen LogP) is 1.72. The molecule has 0 radical (unpaired) electrons. The zero-order chi connectivity index (χ0) is 17.9. The second-order valence-electron chi connectivity index (χ2n) is 7.92. The highest BCUT2D eigenvalue weighted by Gasteiger charge is 2.38. The number of nitrogens with zero attached hydrogens (tertiary/aromatic N) is 3. The number of rotatable bonds is 4. The van der Waals surface area contributed by atoms with Crippen LogP contribution >= 0.6 is 12.4 Å². The zero-order valence-electron chi connectivity index (χ0n) is 15.7. The first-order valence-electron chi connectivity index (χ1n) is 10.1. The molecule has 8 heteroatoms. The Hall–Kier alpha value is -1.60. The van der Waals surface area contributed by atoms with Crippen molar-refractivity contribution in [1.29, 1.82) is 0 Å². The molecule has 2 aliphatic heterocycles. The maximum absolute atomic E-state index is 13.0. The maximum Gasteiger partial charge on any atom is 0.257 e. The number of aromatic nitrogens is 2. The number of carbonyl (C=O) groups excluding carboxylic acids is 2. The number of carbonyl (C=O) groups is 2. The van der Waals surface area contributed by atoms with Gasteiger partial charge in [0.05, 0.1) is 11.8 Å². The Morgan fingerprint density at radius 2 is 1.89 bits per heavy atom. The summed E-state index contributed by atoms with van der Waals surface area (Å²) in [7, 11) is 0. The monoisotopic (exact) mass is 395 g/mol. The van der Waals surface area contributed by atoms with Crippen molar-refractivity contribution in [1.82, 2.24) is 25.3 Å². The van der Waals surface area contributed by atoms with Crippen LogP contribution in [0.3, 0.4) is 0 Å². The minimum absolute atomic E-state index is 0. The topological polar surface area (TPSA) is 79.3 Å².